The number of hydrogen-bond donors (Lipinski definition) is 2. The molecule has 1 saturated heterocycles. The average Bonchev–Trinajstić information content (AvgIpc) is 2.57. The number of nitrogens with zero attached hydrogens (tertiary/aromatic N) is 1. The standard InChI is InChI=1S/C13H28N2O/c1-2-13(16,12-14)8-7-11-15-9-5-3-4-6-10-15/h16H,2-12,14H2,1H3. The second kappa shape index (κ2) is 7.25. The molecule has 0 saturated carbocycles. The van der Waals surface area contributed by atoms with Gasteiger partial charge in [0.2, 0.25) is 0 Å². The van der Waals surface area contributed by atoms with Crippen molar-refractivity contribution < 1.29 is 5.11 Å². The van der Waals surface area contributed by atoms with E-state index in [1.165, 1.54) is 38.8 Å². The normalized spacial score (nSPS) is 22.7. The molecular weight excluding hydrogens is 200 g/mol. The molecule has 0 aromatic carbocycles. The van der Waals surface area contributed by atoms with Crippen LogP contribution in [0.15, 0.2) is 0 Å². The van der Waals surface area contributed by atoms with Crippen molar-refractivity contribution in [2.45, 2.75) is 57.5 Å². The lowest BCUT2D eigenvalue weighted by Crippen LogP contribution is -2.38. The van der Waals surface area contributed by atoms with E-state index in [-0.39, 0.29) is 0 Å². The Morgan fingerprint density at radius 3 is 2.31 bits per heavy atom. The van der Waals surface area contributed by atoms with E-state index in [1.807, 2.05) is 6.92 Å². The summed E-state index contributed by atoms with van der Waals surface area (Å²) in [5.41, 5.74) is 4.98. The fourth-order valence-electron chi connectivity index (χ4n) is 2.41. The van der Waals surface area contributed by atoms with E-state index in [2.05, 4.69) is 4.90 Å². The fourth-order valence-corrected chi connectivity index (χ4v) is 2.41. The van der Waals surface area contributed by atoms with Crippen molar-refractivity contribution in [3.63, 3.8) is 0 Å². The highest BCUT2D eigenvalue weighted by Crippen LogP contribution is 2.17. The minimum Gasteiger partial charge on any atom is -0.389 e. The van der Waals surface area contributed by atoms with Crippen molar-refractivity contribution in [1.82, 2.24) is 4.90 Å². The first-order valence-corrected chi connectivity index (χ1v) is 6.85. The maximum Gasteiger partial charge on any atom is 0.0767 e. The molecule has 1 fully saturated rings. The molecular formula is C13H28N2O. The van der Waals surface area contributed by atoms with Gasteiger partial charge in [0.05, 0.1) is 5.60 Å². The highest BCUT2D eigenvalue weighted by Gasteiger charge is 2.22. The monoisotopic (exact) mass is 228 g/mol. The van der Waals surface area contributed by atoms with Crippen LogP contribution in [-0.2, 0) is 0 Å². The van der Waals surface area contributed by atoms with Crippen LogP contribution in [0.1, 0.15) is 51.9 Å². The zero-order valence-electron chi connectivity index (χ0n) is 10.7. The topological polar surface area (TPSA) is 49.5 Å². The summed E-state index contributed by atoms with van der Waals surface area (Å²) in [5.74, 6) is 0. The van der Waals surface area contributed by atoms with Crippen molar-refractivity contribution in [1.29, 1.82) is 0 Å². The maximum atomic E-state index is 10.1. The van der Waals surface area contributed by atoms with E-state index in [0.717, 1.165) is 25.8 Å². The number of likely N-dealkylation sites (tertiary alicyclic amines) is 1. The molecule has 0 spiro atoms. The number of nitrogens with two attached hydrogens (primary N) is 1. The largest absolute Gasteiger partial charge is 0.389 e. The molecule has 0 aromatic rings. The smallest absolute Gasteiger partial charge is 0.0767 e. The Hall–Kier alpha value is -0.120. The Kier molecular flexibility index (Phi) is 6.32. The molecule has 3 nitrogen and oxygen atoms in total. The molecule has 1 aliphatic heterocycles. The number of rotatable bonds is 6. The van der Waals surface area contributed by atoms with Crippen LogP contribution >= 0.6 is 0 Å². The van der Waals surface area contributed by atoms with Gasteiger partial charge in [-0.3, -0.25) is 0 Å². The Bertz CT molecular complexity index is 173. The van der Waals surface area contributed by atoms with Crippen molar-refractivity contribution in [2.24, 2.45) is 5.73 Å². The van der Waals surface area contributed by atoms with Gasteiger partial charge in [-0.25, -0.2) is 0 Å². The molecule has 0 aromatic heterocycles. The number of aliphatic hydroxyl groups is 1. The third kappa shape index (κ3) is 4.81. The molecule has 96 valence electrons. The lowest BCUT2D eigenvalue weighted by atomic mass is 9.95. The van der Waals surface area contributed by atoms with Crippen LogP contribution in [0, 0.1) is 0 Å². The Balaban J connectivity index is 2.18. The second-order valence-corrected chi connectivity index (χ2v) is 5.14. The predicted molar refractivity (Wildman–Crippen MR) is 68.4 cm³/mol. The van der Waals surface area contributed by atoms with Crippen LogP contribution in [-0.4, -0.2) is 41.8 Å². The second-order valence-electron chi connectivity index (χ2n) is 5.14. The van der Waals surface area contributed by atoms with E-state index in [9.17, 15) is 5.11 Å². The van der Waals surface area contributed by atoms with Crippen LogP contribution in [0.4, 0.5) is 0 Å². The average molecular weight is 228 g/mol. The van der Waals surface area contributed by atoms with E-state index >= 15 is 0 Å². The Labute approximate surface area is 100 Å². The van der Waals surface area contributed by atoms with Gasteiger partial charge >= 0.3 is 0 Å². The van der Waals surface area contributed by atoms with Crippen LogP contribution in [0.25, 0.3) is 0 Å². The molecule has 1 rings (SSSR count). The van der Waals surface area contributed by atoms with E-state index < -0.39 is 5.60 Å². The van der Waals surface area contributed by atoms with Gasteiger partial charge in [-0.15, -0.1) is 0 Å². The summed E-state index contributed by atoms with van der Waals surface area (Å²) in [4.78, 5) is 2.54. The van der Waals surface area contributed by atoms with E-state index in [1.54, 1.807) is 0 Å². The molecule has 16 heavy (non-hydrogen) atoms. The van der Waals surface area contributed by atoms with Crippen molar-refractivity contribution in [2.75, 3.05) is 26.2 Å². The van der Waals surface area contributed by atoms with Gasteiger partial charge in [0, 0.05) is 6.54 Å². The first kappa shape index (κ1) is 13.9. The van der Waals surface area contributed by atoms with Crippen LogP contribution in [0.5, 0.6) is 0 Å². The minimum atomic E-state index is -0.619. The first-order valence-electron chi connectivity index (χ1n) is 6.85. The molecule has 0 bridgehead atoms. The molecule has 0 aliphatic carbocycles. The van der Waals surface area contributed by atoms with Crippen molar-refractivity contribution >= 4 is 0 Å². The molecule has 3 N–H and O–H groups in total. The van der Waals surface area contributed by atoms with Crippen LogP contribution in [0.3, 0.4) is 0 Å². The zero-order chi connectivity index (χ0) is 11.9. The van der Waals surface area contributed by atoms with Crippen LogP contribution < -0.4 is 5.73 Å². The third-order valence-electron chi connectivity index (χ3n) is 3.85. The van der Waals surface area contributed by atoms with Crippen molar-refractivity contribution in [3.8, 4) is 0 Å². The summed E-state index contributed by atoms with van der Waals surface area (Å²) < 4.78 is 0. The molecule has 3 heteroatoms. The summed E-state index contributed by atoms with van der Waals surface area (Å²) in [6.07, 6.45) is 8.14. The lowest BCUT2D eigenvalue weighted by Gasteiger charge is -2.27. The van der Waals surface area contributed by atoms with Gasteiger partial charge in [-0.2, -0.15) is 0 Å². The minimum absolute atomic E-state index is 0.392. The zero-order valence-corrected chi connectivity index (χ0v) is 10.7. The molecule has 0 amide bonds. The Morgan fingerprint density at radius 1 is 1.19 bits per heavy atom. The third-order valence-corrected chi connectivity index (χ3v) is 3.85. The highest BCUT2D eigenvalue weighted by molar-refractivity contribution is 4.78. The first-order chi connectivity index (χ1) is 7.70. The molecule has 1 aliphatic rings. The fraction of sp³-hybridized carbons (Fsp3) is 1.00. The predicted octanol–water partition coefficient (Wildman–Crippen LogP) is 1.74. The quantitative estimate of drug-likeness (QED) is 0.728. The van der Waals surface area contributed by atoms with E-state index in [0.29, 0.717) is 6.54 Å². The van der Waals surface area contributed by atoms with Gasteiger partial charge in [0.25, 0.3) is 0 Å². The summed E-state index contributed by atoms with van der Waals surface area (Å²) in [6.45, 7) is 6.02. The van der Waals surface area contributed by atoms with Gasteiger partial charge < -0.3 is 15.7 Å². The lowest BCUT2D eigenvalue weighted by molar-refractivity contribution is 0.0317. The SMILES string of the molecule is CCC(O)(CN)CCCN1CCCCCC1. The van der Waals surface area contributed by atoms with Gasteiger partial charge in [-0.1, -0.05) is 19.8 Å². The molecule has 1 heterocycles. The van der Waals surface area contributed by atoms with Gasteiger partial charge in [0.1, 0.15) is 0 Å². The summed E-state index contributed by atoms with van der Waals surface area (Å²) in [5, 5.41) is 10.1. The van der Waals surface area contributed by atoms with E-state index in [4.69, 9.17) is 5.73 Å². The van der Waals surface area contributed by atoms with Crippen LogP contribution in [0.2, 0.25) is 0 Å². The summed E-state index contributed by atoms with van der Waals surface area (Å²) in [7, 11) is 0. The Morgan fingerprint density at radius 2 is 1.81 bits per heavy atom. The molecule has 1 atom stereocenters. The highest BCUT2D eigenvalue weighted by atomic mass is 16.3. The molecule has 0 radical (unpaired) electrons. The number of hydrogen-bond acceptors (Lipinski definition) is 3. The summed E-state index contributed by atoms with van der Waals surface area (Å²) >= 11 is 0. The maximum absolute atomic E-state index is 10.1. The van der Waals surface area contributed by atoms with Crippen molar-refractivity contribution in [3.05, 3.63) is 0 Å². The summed E-state index contributed by atoms with van der Waals surface area (Å²) in [6, 6.07) is 0. The van der Waals surface area contributed by atoms with Gasteiger partial charge in [0.15, 0.2) is 0 Å². The van der Waals surface area contributed by atoms with Gasteiger partial charge in [-0.05, 0) is 51.7 Å². The molecule has 1 unspecified atom stereocenters.